The SMILES string of the molecule is CC.CCOC(=O)C(C)(Cc1ccccc1)c1ccnc2c(C)cnn12. The maximum Gasteiger partial charge on any atom is 0.318 e. The van der Waals surface area contributed by atoms with Gasteiger partial charge >= 0.3 is 5.97 Å². The van der Waals surface area contributed by atoms with Gasteiger partial charge in [0, 0.05) is 11.8 Å². The van der Waals surface area contributed by atoms with Crippen LogP contribution in [0.15, 0.2) is 48.8 Å². The summed E-state index contributed by atoms with van der Waals surface area (Å²) in [6.07, 6.45) is 4.02. The minimum atomic E-state index is -0.850. The molecule has 26 heavy (non-hydrogen) atoms. The van der Waals surface area contributed by atoms with Crippen LogP contribution in [-0.4, -0.2) is 27.2 Å². The second-order valence-electron chi connectivity index (χ2n) is 6.11. The molecule has 0 saturated heterocycles. The van der Waals surface area contributed by atoms with Gasteiger partial charge in [-0.25, -0.2) is 9.50 Å². The van der Waals surface area contributed by atoms with Crippen molar-refractivity contribution in [2.45, 2.75) is 46.5 Å². The number of hydrogen-bond acceptors (Lipinski definition) is 4. The van der Waals surface area contributed by atoms with E-state index in [1.54, 1.807) is 16.9 Å². The third-order valence-electron chi connectivity index (χ3n) is 4.27. The van der Waals surface area contributed by atoms with Gasteiger partial charge in [-0.05, 0) is 38.8 Å². The molecular weight excluding hydrogens is 326 g/mol. The van der Waals surface area contributed by atoms with Crippen molar-refractivity contribution in [2.24, 2.45) is 0 Å². The Kier molecular flexibility index (Phi) is 6.50. The van der Waals surface area contributed by atoms with Gasteiger partial charge in [-0.1, -0.05) is 44.2 Å². The van der Waals surface area contributed by atoms with Crippen molar-refractivity contribution in [3.05, 3.63) is 65.6 Å². The van der Waals surface area contributed by atoms with E-state index >= 15 is 0 Å². The van der Waals surface area contributed by atoms with Crippen molar-refractivity contribution in [2.75, 3.05) is 6.61 Å². The molecule has 3 rings (SSSR count). The Morgan fingerprint density at radius 2 is 1.88 bits per heavy atom. The summed E-state index contributed by atoms with van der Waals surface area (Å²) in [4.78, 5) is 17.2. The quantitative estimate of drug-likeness (QED) is 0.647. The van der Waals surface area contributed by atoms with Crippen LogP contribution in [-0.2, 0) is 21.4 Å². The highest BCUT2D eigenvalue weighted by Crippen LogP contribution is 2.30. The molecule has 0 aliphatic rings. The number of aryl methyl sites for hydroxylation is 1. The Labute approximate surface area is 155 Å². The first-order chi connectivity index (χ1) is 12.6. The van der Waals surface area contributed by atoms with Crippen LogP contribution in [0.1, 0.15) is 44.5 Å². The van der Waals surface area contributed by atoms with Crippen LogP contribution in [0.5, 0.6) is 0 Å². The van der Waals surface area contributed by atoms with E-state index in [9.17, 15) is 4.79 Å². The van der Waals surface area contributed by atoms with E-state index in [1.807, 2.05) is 71.0 Å². The Morgan fingerprint density at radius 3 is 2.54 bits per heavy atom. The molecule has 2 heterocycles. The van der Waals surface area contributed by atoms with Crippen LogP contribution in [0.3, 0.4) is 0 Å². The molecule has 0 bridgehead atoms. The molecule has 0 radical (unpaired) electrons. The molecule has 3 aromatic rings. The molecule has 0 saturated carbocycles. The van der Waals surface area contributed by atoms with Gasteiger partial charge < -0.3 is 4.74 Å². The van der Waals surface area contributed by atoms with Crippen molar-refractivity contribution in [1.82, 2.24) is 14.6 Å². The summed E-state index contributed by atoms with van der Waals surface area (Å²) in [5.74, 6) is -0.255. The zero-order valence-corrected chi connectivity index (χ0v) is 16.2. The number of ether oxygens (including phenoxy) is 1. The Hall–Kier alpha value is -2.69. The highest BCUT2D eigenvalue weighted by Gasteiger charge is 2.39. The van der Waals surface area contributed by atoms with Gasteiger partial charge in [0.2, 0.25) is 0 Å². The number of fused-ring (bicyclic) bond motifs is 1. The van der Waals surface area contributed by atoms with Crippen molar-refractivity contribution in [1.29, 1.82) is 0 Å². The molecule has 1 unspecified atom stereocenters. The fraction of sp³-hybridized carbons (Fsp3) is 0.381. The zero-order chi connectivity index (χ0) is 19.2. The first-order valence-electron chi connectivity index (χ1n) is 9.07. The highest BCUT2D eigenvalue weighted by molar-refractivity contribution is 5.83. The van der Waals surface area contributed by atoms with Crippen molar-refractivity contribution in [3.8, 4) is 0 Å². The van der Waals surface area contributed by atoms with E-state index in [0.717, 1.165) is 22.5 Å². The van der Waals surface area contributed by atoms with Gasteiger partial charge in [0.15, 0.2) is 5.65 Å². The largest absolute Gasteiger partial charge is 0.465 e. The topological polar surface area (TPSA) is 56.5 Å². The lowest BCUT2D eigenvalue weighted by molar-refractivity contribution is -0.149. The summed E-state index contributed by atoms with van der Waals surface area (Å²) >= 11 is 0. The number of carbonyl (C=O) groups excluding carboxylic acids is 1. The molecule has 0 N–H and O–H groups in total. The number of carbonyl (C=O) groups is 1. The van der Waals surface area contributed by atoms with Gasteiger partial charge in [-0.3, -0.25) is 4.79 Å². The van der Waals surface area contributed by atoms with E-state index in [1.165, 1.54) is 0 Å². The van der Waals surface area contributed by atoms with Crippen LogP contribution in [0, 0.1) is 6.92 Å². The standard InChI is InChI=1S/C19H21N3O2.C2H6/c1-4-24-18(23)19(3,12-15-8-6-5-7-9-15)16-10-11-20-17-14(2)13-21-22(16)17;1-2/h5-11,13H,4,12H2,1-3H3;1-2H3. The molecule has 5 heteroatoms. The van der Waals surface area contributed by atoms with E-state index in [2.05, 4.69) is 10.1 Å². The first-order valence-corrected chi connectivity index (χ1v) is 9.07. The number of rotatable bonds is 5. The maximum atomic E-state index is 12.8. The first kappa shape index (κ1) is 19.6. The lowest BCUT2D eigenvalue weighted by Crippen LogP contribution is -2.38. The van der Waals surface area contributed by atoms with Gasteiger partial charge in [-0.2, -0.15) is 5.10 Å². The normalized spacial score (nSPS) is 12.8. The van der Waals surface area contributed by atoms with Crippen molar-refractivity contribution in [3.63, 3.8) is 0 Å². The molecule has 0 fully saturated rings. The Morgan fingerprint density at radius 1 is 1.19 bits per heavy atom. The summed E-state index contributed by atoms with van der Waals surface area (Å²) in [6.45, 7) is 10.0. The minimum Gasteiger partial charge on any atom is -0.465 e. The smallest absolute Gasteiger partial charge is 0.318 e. The fourth-order valence-electron chi connectivity index (χ4n) is 2.99. The molecule has 1 atom stereocenters. The monoisotopic (exact) mass is 353 g/mol. The number of hydrogen-bond donors (Lipinski definition) is 0. The second-order valence-corrected chi connectivity index (χ2v) is 6.11. The Balaban J connectivity index is 0.00000117. The van der Waals surface area contributed by atoms with Gasteiger partial charge in [0.25, 0.3) is 0 Å². The Bertz CT molecular complexity index is 858. The summed E-state index contributed by atoms with van der Waals surface area (Å²) in [5, 5.41) is 4.41. The number of aromatic nitrogens is 3. The van der Waals surface area contributed by atoms with Crippen molar-refractivity contribution >= 4 is 11.6 Å². The molecular formula is C21H27N3O2. The van der Waals surface area contributed by atoms with E-state index in [4.69, 9.17) is 4.74 Å². The van der Waals surface area contributed by atoms with Crippen LogP contribution in [0.4, 0.5) is 0 Å². The average molecular weight is 353 g/mol. The molecule has 0 spiro atoms. The van der Waals surface area contributed by atoms with Gasteiger partial charge in [0.1, 0.15) is 5.41 Å². The summed E-state index contributed by atoms with van der Waals surface area (Å²) in [6, 6.07) is 11.8. The molecule has 5 nitrogen and oxygen atoms in total. The van der Waals surface area contributed by atoms with Gasteiger partial charge in [-0.15, -0.1) is 0 Å². The highest BCUT2D eigenvalue weighted by atomic mass is 16.5. The van der Waals surface area contributed by atoms with Crippen LogP contribution >= 0.6 is 0 Å². The third kappa shape index (κ3) is 3.77. The average Bonchev–Trinajstić information content (AvgIpc) is 3.05. The van der Waals surface area contributed by atoms with Crippen LogP contribution in [0.25, 0.3) is 5.65 Å². The van der Waals surface area contributed by atoms with E-state index in [-0.39, 0.29) is 5.97 Å². The summed E-state index contributed by atoms with van der Waals surface area (Å²) < 4.78 is 7.13. The molecule has 0 aliphatic heterocycles. The van der Waals surface area contributed by atoms with E-state index in [0.29, 0.717) is 13.0 Å². The number of benzene rings is 1. The third-order valence-corrected chi connectivity index (χ3v) is 4.27. The summed E-state index contributed by atoms with van der Waals surface area (Å²) in [7, 11) is 0. The van der Waals surface area contributed by atoms with Crippen molar-refractivity contribution < 1.29 is 9.53 Å². The maximum absolute atomic E-state index is 12.8. The molecule has 0 amide bonds. The lowest BCUT2D eigenvalue weighted by Gasteiger charge is -2.28. The molecule has 2 aromatic heterocycles. The van der Waals surface area contributed by atoms with E-state index < -0.39 is 5.41 Å². The predicted octanol–water partition coefficient (Wildman–Crippen LogP) is 4.13. The molecule has 138 valence electrons. The molecule has 0 aliphatic carbocycles. The van der Waals surface area contributed by atoms with Crippen LogP contribution < -0.4 is 0 Å². The lowest BCUT2D eigenvalue weighted by atomic mass is 9.80. The second kappa shape index (κ2) is 8.61. The number of nitrogens with zero attached hydrogens (tertiary/aromatic N) is 3. The summed E-state index contributed by atoms with van der Waals surface area (Å²) in [5.41, 5.74) is 2.74. The predicted molar refractivity (Wildman–Crippen MR) is 103 cm³/mol. The minimum absolute atomic E-state index is 0.255. The number of esters is 1. The van der Waals surface area contributed by atoms with Crippen LogP contribution in [0.2, 0.25) is 0 Å². The molecule has 1 aromatic carbocycles. The zero-order valence-electron chi connectivity index (χ0n) is 16.2. The fourth-order valence-corrected chi connectivity index (χ4v) is 2.99. The van der Waals surface area contributed by atoms with Gasteiger partial charge in [0.05, 0.1) is 18.5 Å².